The monoisotopic (exact) mass is 308 g/mol. The van der Waals surface area contributed by atoms with Gasteiger partial charge in [0.25, 0.3) is 0 Å². The fourth-order valence-corrected chi connectivity index (χ4v) is 4.94. The van der Waals surface area contributed by atoms with Gasteiger partial charge in [-0.3, -0.25) is 4.90 Å². The normalized spacial score (nSPS) is 27.9. The molecule has 0 saturated carbocycles. The summed E-state index contributed by atoms with van der Waals surface area (Å²) in [7, 11) is 2.30. The van der Waals surface area contributed by atoms with Gasteiger partial charge in [0, 0.05) is 36.1 Å². The van der Waals surface area contributed by atoms with Crippen LogP contribution in [0.25, 0.3) is 0 Å². The minimum Gasteiger partial charge on any atom is -0.346 e. The van der Waals surface area contributed by atoms with Gasteiger partial charge >= 0.3 is 0 Å². The lowest BCUT2D eigenvalue weighted by molar-refractivity contribution is 0.254. The lowest BCUT2D eigenvalue weighted by Gasteiger charge is -2.25. The van der Waals surface area contributed by atoms with Gasteiger partial charge in [0.05, 0.1) is 5.69 Å². The largest absolute Gasteiger partial charge is 0.346 e. The van der Waals surface area contributed by atoms with Crippen molar-refractivity contribution in [3.8, 4) is 0 Å². The van der Waals surface area contributed by atoms with Crippen LogP contribution < -0.4 is 10.2 Å². The van der Waals surface area contributed by atoms with Crippen molar-refractivity contribution in [1.29, 1.82) is 0 Å². The number of thiazole rings is 1. The second-order valence-electron chi connectivity index (χ2n) is 6.51. The van der Waals surface area contributed by atoms with Crippen molar-refractivity contribution in [3.05, 3.63) is 10.6 Å². The molecular weight excluding hydrogens is 280 g/mol. The summed E-state index contributed by atoms with van der Waals surface area (Å²) in [6.45, 7) is 9.87. The summed E-state index contributed by atoms with van der Waals surface area (Å²) in [6.07, 6.45) is 4.01. The van der Waals surface area contributed by atoms with Crippen LogP contribution >= 0.6 is 11.3 Å². The van der Waals surface area contributed by atoms with Gasteiger partial charge in [0.15, 0.2) is 5.13 Å². The van der Waals surface area contributed by atoms with Crippen LogP contribution in [0, 0.1) is 6.92 Å². The SMILES string of the molecule is CCNC(C)c1sc(N2CCC3CCC(C2)N3C)nc1C. The number of fused-ring (bicyclic) bond motifs is 2. The van der Waals surface area contributed by atoms with Gasteiger partial charge in [-0.05, 0) is 46.7 Å². The van der Waals surface area contributed by atoms with E-state index in [2.05, 4.69) is 42.9 Å². The highest BCUT2D eigenvalue weighted by Gasteiger charge is 2.35. The highest BCUT2D eigenvalue weighted by molar-refractivity contribution is 7.15. The van der Waals surface area contributed by atoms with Crippen LogP contribution in [0.1, 0.15) is 49.7 Å². The maximum Gasteiger partial charge on any atom is 0.185 e. The van der Waals surface area contributed by atoms with E-state index >= 15 is 0 Å². The smallest absolute Gasteiger partial charge is 0.185 e. The number of aryl methyl sites for hydroxylation is 1. The van der Waals surface area contributed by atoms with E-state index in [1.165, 1.54) is 35.0 Å². The third-order valence-corrected chi connectivity index (χ3v) is 6.54. The Bertz CT molecular complexity index is 487. The highest BCUT2D eigenvalue weighted by atomic mass is 32.1. The molecule has 2 saturated heterocycles. The predicted molar refractivity (Wildman–Crippen MR) is 90.3 cm³/mol. The molecule has 3 unspecified atom stereocenters. The van der Waals surface area contributed by atoms with E-state index in [1.54, 1.807) is 0 Å². The molecule has 1 aromatic rings. The van der Waals surface area contributed by atoms with Crippen LogP contribution in [0.4, 0.5) is 5.13 Å². The van der Waals surface area contributed by atoms with E-state index in [0.29, 0.717) is 6.04 Å². The van der Waals surface area contributed by atoms with Gasteiger partial charge in [-0.25, -0.2) is 4.98 Å². The molecule has 3 atom stereocenters. The first kappa shape index (κ1) is 15.3. The van der Waals surface area contributed by atoms with Gasteiger partial charge < -0.3 is 10.2 Å². The third-order valence-electron chi connectivity index (χ3n) is 5.14. The van der Waals surface area contributed by atoms with E-state index in [-0.39, 0.29) is 0 Å². The Morgan fingerprint density at radius 2 is 2.10 bits per heavy atom. The van der Waals surface area contributed by atoms with Crippen molar-refractivity contribution >= 4 is 16.5 Å². The van der Waals surface area contributed by atoms with Crippen molar-refractivity contribution in [1.82, 2.24) is 15.2 Å². The number of aromatic nitrogens is 1. The third kappa shape index (κ3) is 2.96. The molecule has 0 spiro atoms. The summed E-state index contributed by atoms with van der Waals surface area (Å²) < 4.78 is 0. The van der Waals surface area contributed by atoms with Crippen LogP contribution in [0.3, 0.4) is 0 Å². The molecule has 118 valence electrons. The molecule has 5 heteroatoms. The number of nitrogens with one attached hydrogen (secondary N) is 1. The predicted octanol–water partition coefficient (Wildman–Crippen LogP) is 2.79. The maximum absolute atomic E-state index is 4.87. The van der Waals surface area contributed by atoms with E-state index in [4.69, 9.17) is 4.98 Å². The second kappa shape index (κ2) is 6.23. The average molecular weight is 308 g/mol. The molecule has 2 fully saturated rings. The van der Waals surface area contributed by atoms with E-state index in [1.807, 2.05) is 11.3 Å². The molecule has 3 rings (SSSR count). The van der Waals surface area contributed by atoms with E-state index < -0.39 is 0 Å². The molecule has 1 aromatic heterocycles. The van der Waals surface area contributed by atoms with Crippen LogP contribution in [0.2, 0.25) is 0 Å². The summed E-state index contributed by atoms with van der Waals surface area (Å²) >= 11 is 1.89. The first-order chi connectivity index (χ1) is 10.1. The fourth-order valence-electron chi connectivity index (χ4n) is 3.81. The number of anilines is 1. The van der Waals surface area contributed by atoms with Crippen LogP contribution in [-0.2, 0) is 0 Å². The molecule has 2 aliphatic heterocycles. The molecule has 2 aliphatic rings. The zero-order chi connectivity index (χ0) is 15.0. The van der Waals surface area contributed by atoms with Crippen molar-refractivity contribution in [2.24, 2.45) is 0 Å². The Labute approximate surface area is 132 Å². The quantitative estimate of drug-likeness (QED) is 0.927. The van der Waals surface area contributed by atoms with Gasteiger partial charge in [0.1, 0.15) is 0 Å². The zero-order valence-electron chi connectivity index (χ0n) is 13.7. The number of hydrogen-bond donors (Lipinski definition) is 1. The molecular formula is C16H28N4S. The summed E-state index contributed by atoms with van der Waals surface area (Å²) in [4.78, 5) is 11.4. The topological polar surface area (TPSA) is 31.4 Å². The van der Waals surface area contributed by atoms with E-state index in [0.717, 1.165) is 31.7 Å². The van der Waals surface area contributed by atoms with Crippen molar-refractivity contribution in [3.63, 3.8) is 0 Å². The standard InChI is InChI=1S/C16H28N4S/c1-5-17-11(2)15-12(3)18-16(21-15)20-9-8-13-6-7-14(10-20)19(13)4/h11,13-14,17H,5-10H2,1-4H3. The first-order valence-electron chi connectivity index (χ1n) is 8.27. The number of hydrogen-bond acceptors (Lipinski definition) is 5. The molecule has 4 nitrogen and oxygen atoms in total. The van der Waals surface area contributed by atoms with Crippen molar-refractivity contribution in [2.45, 2.75) is 58.2 Å². The number of nitrogens with zero attached hydrogens (tertiary/aromatic N) is 3. The molecule has 1 N–H and O–H groups in total. The van der Waals surface area contributed by atoms with Gasteiger partial charge in [-0.15, -0.1) is 11.3 Å². The second-order valence-corrected chi connectivity index (χ2v) is 7.52. The Balaban J connectivity index is 1.76. The molecule has 0 radical (unpaired) electrons. The maximum atomic E-state index is 4.87. The lowest BCUT2D eigenvalue weighted by Crippen LogP contribution is -2.36. The molecule has 21 heavy (non-hydrogen) atoms. The number of rotatable bonds is 4. The summed E-state index contributed by atoms with van der Waals surface area (Å²) in [6, 6.07) is 1.92. The van der Waals surface area contributed by atoms with E-state index in [9.17, 15) is 0 Å². The van der Waals surface area contributed by atoms with Gasteiger partial charge in [-0.1, -0.05) is 6.92 Å². The fraction of sp³-hybridized carbons (Fsp3) is 0.812. The molecule has 0 amide bonds. The number of likely N-dealkylation sites (N-methyl/N-ethyl adjacent to an activating group) is 1. The summed E-state index contributed by atoms with van der Waals surface area (Å²) in [5, 5.41) is 4.74. The molecule has 2 bridgehead atoms. The lowest BCUT2D eigenvalue weighted by atomic mass is 10.1. The highest BCUT2D eigenvalue weighted by Crippen LogP contribution is 2.35. The Morgan fingerprint density at radius 1 is 1.33 bits per heavy atom. The minimum atomic E-state index is 0.410. The van der Waals surface area contributed by atoms with Crippen LogP contribution in [-0.4, -0.2) is 48.6 Å². The Hall–Kier alpha value is -0.650. The average Bonchev–Trinajstić information content (AvgIpc) is 2.91. The molecule has 0 aliphatic carbocycles. The van der Waals surface area contributed by atoms with Crippen molar-refractivity contribution in [2.75, 3.05) is 31.6 Å². The minimum absolute atomic E-state index is 0.410. The van der Waals surface area contributed by atoms with Crippen molar-refractivity contribution < 1.29 is 0 Å². The van der Waals surface area contributed by atoms with Gasteiger partial charge in [0.2, 0.25) is 0 Å². The zero-order valence-corrected chi connectivity index (χ0v) is 14.5. The van der Waals surface area contributed by atoms with Gasteiger partial charge in [-0.2, -0.15) is 0 Å². The Kier molecular flexibility index (Phi) is 4.52. The van der Waals surface area contributed by atoms with Crippen LogP contribution in [0.15, 0.2) is 0 Å². The molecule has 3 heterocycles. The van der Waals surface area contributed by atoms with Crippen LogP contribution in [0.5, 0.6) is 0 Å². The Morgan fingerprint density at radius 3 is 2.86 bits per heavy atom. The molecule has 0 aromatic carbocycles. The summed E-state index contributed by atoms with van der Waals surface area (Å²) in [5.41, 5.74) is 1.20. The first-order valence-corrected chi connectivity index (χ1v) is 9.09. The summed E-state index contributed by atoms with van der Waals surface area (Å²) in [5.74, 6) is 0.